The number of hydrogen-bond donors (Lipinski definition) is 3. The zero-order valence-corrected chi connectivity index (χ0v) is 9.84. The summed E-state index contributed by atoms with van der Waals surface area (Å²) in [6, 6.07) is 11.1. The normalized spacial score (nSPS) is 10.1. The van der Waals surface area contributed by atoms with Crippen LogP contribution in [0.25, 0.3) is 0 Å². The van der Waals surface area contributed by atoms with Crippen molar-refractivity contribution in [2.75, 3.05) is 5.32 Å². The fraction of sp³-hybridized carbons (Fsp3) is 0.0714. The first-order chi connectivity index (χ1) is 8.58. The summed E-state index contributed by atoms with van der Waals surface area (Å²) < 4.78 is 0. The van der Waals surface area contributed by atoms with Gasteiger partial charge in [0.2, 0.25) is 0 Å². The maximum absolute atomic E-state index is 11.9. The first-order valence-electron chi connectivity index (χ1n) is 5.47. The van der Waals surface area contributed by atoms with Crippen molar-refractivity contribution in [3.63, 3.8) is 0 Å². The van der Waals surface area contributed by atoms with Crippen LogP contribution in [0.5, 0.6) is 11.5 Å². The molecule has 0 saturated carbocycles. The fourth-order valence-corrected chi connectivity index (χ4v) is 1.59. The molecule has 0 aliphatic carbocycles. The van der Waals surface area contributed by atoms with Crippen LogP contribution in [-0.2, 0) is 0 Å². The standard InChI is InChI=1S/C14H13NO3/c1-9-3-2-4-12(13(9)17)14(18)15-10-5-7-11(16)8-6-10/h2-8,16-17H,1H3,(H,15,18). The Morgan fingerprint density at radius 3 is 2.39 bits per heavy atom. The number of anilines is 1. The first kappa shape index (κ1) is 12.0. The highest BCUT2D eigenvalue weighted by Gasteiger charge is 2.12. The zero-order chi connectivity index (χ0) is 13.1. The largest absolute Gasteiger partial charge is 0.508 e. The Morgan fingerprint density at radius 1 is 1.06 bits per heavy atom. The highest BCUT2D eigenvalue weighted by atomic mass is 16.3. The number of nitrogens with one attached hydrogen (secondary N) is 1. The third kappa shape index (κ3) is 2.43. The van der Waals surface area contributed by atoms with E-state index in [9.17, 15) is 9.90 Å². The molecule has 0 saturated heterocycles. The molecule has 4 heteroatoms. The van der Waals surface area contributed by atoms with Crippen molar-refractivity contribution in [2.45, 2.75) is 6.92 Å². The van der Waals surface area contributed by atoms with Gasteiger partial charge < -0.3 is 15.5 Å². The molecule has 1 amide bonds. The molecule has 0 spiro atoms. The molecule has 0 unspecified atom stereocenters. The number of benzene rings is 2. The molecule has 2 aromatic carbocycles. The molecule has 0 aromatic heterocycles. The van der Waals surface area contributed by atoms with Gasteiger partial charge in [-0.1, -0.05) is 12.1 Å². The Hall–Kier alpha value is -2.49. The lowest BCUT2D eigenvalue weighted by atomic mass is 10.1. The van der Waals surface area contributed by atoms with E-state index < -0.39 is 0 Å². The Morgan fingerprint density at radius 2 is 1.72 bits per heavy atom. The van der Waals surface area contributed by atoms with E-state index in [2.05, 4.69) is 5.32 Å². The molecule has 0 radical (unpaired) electrons. The van der Waals surface area contributed by atoms with E-state index in [1.807, 2.05) is 0 Å². The Balaban J connectivity index is 2.22. The molecule has 0 heterocycles. The van der Waals surface area contributed by atoms with Crippen LogP contribution in [0.3, 0.4) is 0 Å². The summed E-state index contributed by atoms with van der Waals surface area (Å²) in [6.45, 7) is 1.73. The highest BCUT2D eigenvalue weighted by Crippen LogP contribution is 2.23. The molecule has 0 fully saturated rings. The molecule has 92 valence electrons. The number of phenols is 2. The monoisotopic (exact) mass is 243 g/mol. The SMILES string of the molecule is Cc1cccc(C(=O)Nc2ccc(O)cc2)c1O. The van der Waals surface area contributed by atoms with Crippen molar-refractivity contribution >= 4 is 11.6 Å². The number of aryl methyl sites for hydroxylation is 1. The average Bonchev–Trinajstić information content (AvgIpc) is 2.35. The van der Waals surface area contributed by atoms with Crippen molar-refractivity contribution in [3.05, 3.63) is 53.6 Å². The van der Waals surface area contributed by atoms with Crippen molar-refractivity contribution in [3.8, 4) is 11.5 Å². The van der Waals surface area contributed by atoms with E-state index in [1.54, 1.807) is 37.3 Å². The van der Waals surface area contributed by atoms with E-state index in [0.717, 1.165) is 0 Å². The lowest BCUT2D eigenvalue weighted by Crippen LogP contribution is -2.12. The average molecular weight is 243 g/mol. The Kier molecular flexibility index (Phi) is 3.19. The maximum Gasteiger partial charge on any atom is 0.259 e. The van der Waals surface area contributed by atoms with Crippen LogP contribution < -0.4 is 5.32 Å². The van der Waals surface area contributed by atoms with E-state index in [4.69, 9.17) is 5.11 Å². The molecule has 18 heavy (non-hydrogen) atoms. The second-order valence-corrected chi connectivity index (χ2v) is 3.97. The van der Waals surface area contributed by atoms with E-state index >= 15 is 0 Å². The summed E-state index contributed by atoms with van der Waals surface area (Å²) in [6.07, 6.45) is 0. The summed E-state index contributed by atoms with van der Waals surface area (Å²) in [5, 5.41) is 21.6. The summed E-state index contributed by atoms with van der Waals surface area (Å²) in [7, 11) is 0. The number of carbonyl (C=O) groups is 1. The molecular formula is C14H13NO3. The van der Waals surface area contributed by atoms with Gasteiger partial charge in [-0.2, -0.15) is 0 Å². The molecule has 4 nitrogen and oxygen atoms in total. The molecule has 0 atom stereocenters. The second kappa shape index (κ2) is 4.79. The van der Waals surface area contributed by atoms with Crippen LogP contribution in [0.4, 0.5) is 5.69 Å². The van der Waals surface area contributed by atoms with Crippen LogP contribution in [0.1, 0.15) is 15.9 Å². The number of para-hydroxylation sites is 1. The van der Waals surface area contributed by atoms with Crippen LogP contribution in [-0.4, -0.2) is 16.1 Å². The first-order valence-corrected chi connectivity index (χ1v) is 5.47. The van der Waals surface area contributed by atoms with Gasteiger partial charge in [0.25, 0.3) is 5.91 Å². The lowest BCUT2D eigenvalue weighted by molar-refractivity contribution is 0.102. The van der Waals surface area contributed by atoms with E-state index in [0.29, 0.717) is 11.3 Å². The quantitative estimate of drug-likeness (QED) is 0.710. The van der Waals surface area contributed by atoms with Crippen LogP contribution in [0, 0.1) is 6.92 Å². The van der Waals surface area contributed by atoms with Crippen LogP contribution in [0.15, 0.2) is 42.5 Å². The van der Waals surface area contributed by atoms with Gasteiger partial charge in [0.1, 0.15) is 11.5 Å². The molecule has 2 aromatic rings. The minimum Gasteiger partial charge on any atom is -0.508 e. The highest BCUT2D eigenvalue weighted by molar-refractivity contribution is 6.06. The van der Waals surface area contributed by atoms with Gasteiger partial charge in [0, 0.05) is 5.69 Å². The maximum atomic E-state index is 11.9. The van der Waals surface area contributed by atoms with Gasteiger partial charge in [0.15, 0.2) is 0 Å². The van der Waals surface area contributed by atoms with Crippen molar-refractivity contribution in [1.82, 2.24) is 0 Å². The Bertz CT molecular complexity index is 576. The predicted octanol–water partition coefficient (Wildman–Crippen LogP) is 2.66. The minimum atomic E-state index is -0.387. The number of aromatic hydroxyl groups is 2. The van der Waals surface area contributed by atoms with Crippen LogP contribution in [0.2, 0.25) is 0 Å². The predicted molar refractivity (Wildman–Crippen MR) is 68.9 cm³/mol. The van der Waals surface area contributed by atoms with Crippen LogP contribution >= 0.6 is 0 Å². The number of hydrogen-bond acceptors (Lipinski definition) is 3. The van der Waals surface area contributed by atoms with E-state index in [1.165, 1.54) is 12.1 Å². The third-order valence-corrected chi connectivity index (χ3v) is 2.61. The summed E-state index contributed by atoms with van der Waals surface area (Å²) in [5.41, 5.74) is 1.43. The minimum absolute atomic E-state index is 0.0196. The third-order valence-electron chi connectivity index (χ3n) is 2.61. The fourth-order valence-electron chi connectivity index (χ4n) is 1.59. The van der Waals surface area contributed by atoms with Gasteiger partial charge >= 0.3 is 0 Å². The summed E-state index contributed by atoms with van der Waals surface area (Å²) >= 11 is 0. The van der Waals surface area contributed by atoms with Gasteiger partial charge in [-0.15, -0.1) is 0 Å². The topological polar surface area (TPSA) is 69.6 Å². The van der Waals surface area contributed by atoms with Gasteiger partial charge in [-0.25, -0.2) is 0 Å². The molecule has 0 aliphatic heterocycles. The van der Waals surface area contributed by atoms with Gasteiger partial charge in [0.05, 0.1) is 5.56 Å². The summed E-state index contributed by atoms with van der Waals surface area (Å²) in [5.74, 6) is -0.276. The van der Waals surface area contributed by atoms with Gasteiger partial charge in [-0.05, 0) is 42.8 Å². The van der Waals surface area contributed by atoms with E-state index in [-0.39, 0.29) is 23.0 Å². The second-order valence-electron chi connectivity index (χ2n) is 3.97. The zero-order valence-electron chi connectivity index (χ0n) is 9.84. The number of rotatable bonds is 2. The van der Waals surface area contributed by atoms with Crippen molar-refractivity contribution in [1.29, 1.82) is 0 Å². The molecule has 0 aliphatic rings. The molecular weight excluding hydrogens is 230 g/mol. The van der Waals surface area contributed by atoms with Crippen molar-refractivity contribution < 1.29 is 15.0 Å². The molecule has 0 bridgehead atoms. The smallest absolute Gasteiger partial charge is 0.259 e. The number of carbonyl (C=O) groups excluding carboxylic acids is 1. The molecule has 3 N–H and O–H groups in total. The van der Waals surface area contributed by atoms with Gasteiger partial charge in [-0.3, -0.25) is 4.79 Å². The lowest BCUT2D eigenvalue weighted by Gasteiger charge is -2.08. The molecule has 2 rings (SSSR count). The number of phenolic OH excluding ortho intramolecular Hbond substituents is 2. The number of amides is 1. The van der Waals surface area contributed by atoms with Crippen molar-refractivity contribution in [2.24, 2.45) is 0 Å². The summed E-state index contributed by atoms with van der Waals surface area (Å²) in [4.78, 5) is 11.9. The Labute approximate surface area is 105 Å².